The van der Waals surface area contributed by atoms with Gasteiger partial charge in [0.1, 0.15) is 5.69 Å². The summed E-state index contributed by atoms with van der Waals surface area (Å²) in [4.78, 5) is 18.1. The van der Waals surface area contributed by atoms with Crippen molar-refractivity contribution in [2.45, 2.75) is 27.2 Å². The van der Waals surface area contributed by atoms with Crippen LogP contribution < -0.4 is 11.1 Å². The maximum Gasteiger partial charge on any atom is 0.332 e. The minimum atomic E-state index is -0.532. The zero-order valence-electron chi connectivity index (χ0n) is 11.3. The highest BCUT2D eigenvalue weighted by Gasteiger charge is 2.24. The molecular formula is C11H19N5O3. The van der Waals surface area contributed by atoms with Gasteiger partial charge in [-0.25, -0.2) is 4.98 Å². The fourth-order valence-corrected chi connectivity index (χ4v) is 1.64. The van der Waals surface area contributed by atoms with E-state index in [0.29, 0.717) is 13.0 Å². The largest absolute Gasteiger partial charge is 0.396 e. The molecule has 0 unspecified atom stereocenters. The van der Waals surface area contributed by atoms with Crippen molar-refractivity contribution < 1.29 is 10.0 Å². The zero-order chi connectivity index (χ0) is 14.6. The second-order valence-electron chi connectivity index (χ2n) is 5.11. The number of hydrogen-bond acceptors (Lipinski definition) is 7. The summed E-state index contributed by atoms with van der Waals surface area (Å²) in [6.45, 7) is 5.89. The number of nitro groups is 1. The predicted molar refractivity (Wildman–Crippen MR) is 71.8 cm³/mol. The zero-order valence-corrected chi connectivity index (χ0v) is 11.3. The van der Waals surface area contributed by atoms with Gasteiger partial charge in [-0.1, -0.05) is 13.8 Å². The van der Waals surface area contributed by atoms with Crippen molar-refractivity contribution in [2.24, 2.45) is 5.41 Å². The summed E-state index contributed by atoms with van der Waals surface area (Å²) in [5, 5.41) is 22.9. The van der Waals surface area contributed by atoms with Crippen LogP contribution in [0.1, 0.15) is 26.0 Å². The van der Waals surface area contributed by atoms with Gasteiger partial charge in [0.25, 0.3) is 0 Å². The summed E-state index contributed by atoms with van der Waals surface area (Å²) in [6.07, 6.45) is 0.577. The van der Waals surface area contributed by atoms with Crippen LogP contribution in [0.5, 0.6) is 0 Å². The summed E-state index contributed by atoms with van der Waals surface area (Å²) >= 11 is 0. The van der Waals surface area contributed by atoms with Crippen LogP contribution in [0.3, 0.4) is 0 Å². The van der Waals surface area contributed by atoms with Crippen molar-refractivity contribution in [1.29, 1.82) is 0 Å². The molecule has 1 aromatic rings. The third-order valence-electron chi connectivity index (χ3n) is 2.78. The fourth-order valence-electron chi connectivity index (χ4n) is 1.64. The second kappa shape index (κ2) is 5.79. The maximum atomic E-state index is 11.0. The van der Waals surface area contributed by atoms with Crippen LogP contribution in [0.2, 0.25) is 0 Å². The second-order valence-corrected chi connectivity index (χ2v) is 5.11. The molecule has 0 saturated heterocycles. The third kappa shape index (κ3) is 4.02. The Bertz CT molecular complexity index is 476. The molecule has 1 rings (SSSR count). The van der Waals surface area contributed by atoms with Crippen molar-refractivity contribution >= 4 is 17.5 Å². The number of nitrogens with two attached hydrogens (primary N) is 1. The van der Waals surface area contributed by atoms with Crippen LogP contribution in [0.25, 0.3) is 0 Å². The molecule has 0 bridgehead atoms. The first-order chi connectivity index (χ1) is 8.76. The minimum absolute atomic E-state index is 0.00874. The molecule has 8 heteroatoms. The van der Waals surface area contributed by atoms with E-state index in [4.69, 9.17) is 10.8 Å². The number of hydrogen-bond donors (Lipinski definition) is 3. The number of aryl methyl sites for hydroxylation is 1. The topological polar surface area (TPSA) is 127 Å². The molecule has 0 saturated carbocycles. The van der Waals surface area contributed by atoms with Gasteiger partial charge in [-0.2, -0.15) is 4.98 Å². The first kappa shape index (κ1) is 15.1. The maximum absolute atomic E-state index is 11.0. The smallest absolute Gasteiger partial charge is 0.332 e. The molecule has 0 atom stereocenters. The molecule has 4 N–H and O–H groups in total. The van der Waals surface area contributed by atoms with Crippen LogP contribution in [0, 0.1) is 22.5 Å². The highest BCUT2D eigenvalue weighted by molar-refractivity contribution is 5.60. The number of rotatable bonds is 6. The van der Waals surface area contributed by atoms with Crippen LogP contribution >= 0.6 is 0 Å². The van der Waals surface area contributed by atoms with Crippen molar-refractivity contribution in [1.82, 2.24) is 9.97 Å². The quantitative estimate of drug-likeness (QED) is 0.521. The number of nitrogens with zero attached hydrogens (tertiary/aromatic N) is 3. The average Bonchev–Trinajstić information content (AvgIpc) is 2.24. The molecule has 0 aliphatic heterocycles. The first-order valence-electron chi connectivity index (χ1n) is 5.90. The molecular weight excluding hydrogens is 250 g/mol. The van der Waals surface area contributed by atoms with E-state index in [-0.39, 0.29) is 35.2 Å². The van der Waals surface area contributed by atoms with Gasteiger partial charge in [-0.3, -0.25) is 10.1 Å². The van der Waals surface area contributed by atoms with E-state index in [1.54, 1.807) is 0 Å². The molecule has 19 heavy (non-hydrogen) atoms. The van der Waals surface area contributed by atoms with Gasteiger partial charge in [0.15, 0.2) is 0 Å². The number of aliphatic hydroxyl groups is 1. The number of nitrogen functional groups attached to an aromatic ring is 1. The van der Waals surface area contributed by atoms with E-state index < -0.39 is 4.92 Å². The van der Waals surface area contributed by atoms with E-state index in [2.05, 4.69) is 15.3 Å². The van der Waals surface area contributed by atoms with E-state index in [1.807, 2.05) is 13.8 Å². The lowest BCUT2D eigenvalue weighted by Crippen LogP contribution is -2.25. The summed E-state index contributed by atoms with van der Waals surface area (Å²) in [5.74, 6) is 0.103. The molecule has 0 amide bonds. The number of anilines is 2. The van der Waals surface area contributed by atoms with Gasteiger partial charge in [-0.15, -0.1) is 0 Å². The molecule has 0 aromatic carbocycles. The van der Waals surface area contributed by atoms with E-state index >= 15 is 0 Å². The Labute approximate surface area is 111 Å². The molecule has 0 radical (unpaired) electrons. The molecule has 8 nitrogen and oxygen atoms in total. The van der Waals surface area contributed by atoms with E-state index in [0.717, 1.165) is 0 Å². The molecule has 0 spiro atoms. The number of aromatic nitrogens is 2. The Balaban J connectivity index is 2.97. The molecule has 0 fully saturated rings. The standard InChI is InChI=1S/C11H19N5O3/c1-7-8(16(18)19)9(15-10(12)14-7)13-6-11(2,3)4-5-17/h17H,4-6H2,1-3H3,(H3,12,13,14,15). The predicted octanol–water partition coefficient (Wildman–Crippen LogP) is 1.10. The van der Waals surface area contributed by atoms with Gasteiger partial charge in [-0.05, 0) is 18.8 Å². The first-order valence-corrected chi connectivity index (χ1v) is 5.90. The van der Waals surface area contributed by atoms with Crippen LogP contribution in [-0.4, -0.2) is 33.1 Å². The number of nitrogens with one attached hydrogen (secondary N) is 1. The monoisotopic (exact) mass is 269 g/mol. The van der Waals surface area contributed by atoms with Gasteiger partial charge in [0.2, 0.25) is 11.8 Å². The molecule has 1 aromatic heterocycles. The van der Waals surface area contributed by atoms with E-state index in [1.165, 1.54) is 6.92 Å². The lowest BCUT2D eigenvalue weighted by Gasteiger charge is -2.24. The third-order valence-corrected chi connectivity index (χ3v) is 2.78. The van der Waals surface area contributed by atoms with Gasteiger partial charge in [0.05, 0.1) is 4.92 Å². The van der Waals surface area contributed by atoms with Crippen molar-refractivity contribution in [3.63, 3.8) is 0 Å². The lowest BCUT2D eigenvalue weighted by atomic mass is 9.90. The van der Waals surface area contributed by atoms with Crippen LogP contribution in [0.15, 0.2) is 0 Å². The Morgan fingerprint density at radius 3 is 2.63 bits per heavy atom. The van der Waals surface area contributed by atoms with Crippen molar-refractivity contribution in [3.05, 3.63) is 15.8 Å². The summed E-state index contributed by atoms with van der Waals surface area (Å²) in [6, 6.07) is 0. The fraction of sp³-hybridized carbons (Fsp3) is 0.636. The van der Waals surface area contributed by atoms with E-state index in [9.17, 15) is 10.1 Å². The van der Waals surface area contributed by atoms with Crippen molar-refractivity contribution in [2.75, 3.05) is 24.2 Å². The minimum Gasteiger partial charge on any atom is -0.396 e. The van der Waals surface area contributed by atoms with Gasteiger partial charge in [0, 0.05) is 13.2 Å². The highest BCUT2D eigenvalue weighted by atomic mass is 16.6. The summed E-state index contributed by atoms with van der Waals surface area (Å²) in [5.41, 5.74) is 5.34. The lowest BCUT2D eigenvalue weighted by molar-refractivity contribution is -0.385. The van der Waals surface area contributed by atoms with Gasteiger partial charge >= 0.3 is 5.69 Å². The Morgan fingerprint density at radius 1 is 1.47 bits per heavy atom. The average molecular weight is 269 g/mol. The molecule has 1 heterocycles. The number of aliphatic hydroxyl groups excluding tert-OH is 1. The molecule has 106 valence electrons. The molecule has 0 aliphatic carbocycles. The van der Waals surface area contributed by atoms with Crippen LogP contribution in [-0.2, 0) is 0 Å². The van der Waals surface area contributed by atoms with Crippen molar-refractivity contribution in [3.8, 4) is 0 Å². The normalized spacial score (nSPS) is 11.4. The Hall–Kier alpha value is -1.96. The van der Waals surface area contributed by atoms with Crippen LogP contribution in [0.4, 0.5) is 17.5 Å². The Morgan fingerprint density at radius 2 is 2.11 bits per heavy atom. The molecule has 0 aliphatic rings. The summed E-state index contributed by atoms with van der Waals surface area (Å²) < 4.78 is 0. The Kier molecular flexibility index (Phi) is 4.60. The SMILES string of the molecule is Cc1nc(N)nc(NCC(C)(C)CCO)c1[N+](=O)[O-]. The highest BCUT2D eigenvalue weighted by Crippen LogP contribution is 2.28. The summed E-state index contributed by atoms with van der Waals surface area (Å²) in [7, 11) is 0. The van der Waals surface area contributed by atoms with Gasteiger partial charge < -0.3 is 16.2 Å².